The number of hydrogen-bond donors (Lipinski definition) is 0. The van der Waals surface area contributed by atoms with E-state index in [-0.39, 0.29) is 0 Å². The molecule has 84 valence electrons. The van der Waals surface area contributed by atoms with Crippen molar-refractivity contribution in [2.45, 2.75) is 11.2 Å². The van der Waals surface area contributed by atoms with Crippen LogP contribution in [0.15, 0.2) is 39.5 Å². The van der Waals surface area contributed by atoms with Gasteiger partial charge in [0.05, 0.1) is 3.79 Å². The number of rotatable bonds is 3. The topological polar surface area (TPSA) is 0 Å². The minimum absolute atomic E-state index is 0.315. The molecule has 0 amide bonds. The van der Waals surface area contributed by atoms with Crippen LogP contribution in [-0.2, 0) is 6.42 Å². The Morgan fingerprint density at radius 2 is 2.06 bits per heavy atom. The Bertz CT molecular complexity index is 481. The summed E-state index contributed by atoms with van der Waals surface area (Å²) < 4.78 is 1.16. The smallest absolute Gasteiger partial charge is 0.0701 e. The van der Waals surface area contributed by atoms with E-state index in [0.717, 1.165) is 15.2 Å². The molecule has 0 saturated heterocycles. The first-order valence-electron chi connectivity index (χ1n) is 4.78. The van der Waals surface area contributed by atoms with Gasteiger partial charge in [-0.15, -0.1) is 11.3 Å². The van der Waals surface area contributed by atoms with E-state index in [9.17, 15) is 0 Å². The van der Waals surface area contributed by atoms with Gasteiger partial charge in [-0.1, -0.05) is 45.7 Å². The van der Waals surface area contributed by atoms with E-state index < -0.39 is 0 Å². The molecular formula is C12H9Br2ClS. The third-order valence-corrected chi connectivity index (χ3v) is 5.05. The van der Waals surface area contributed by atoms with Crippen LogP contribution >= 0.6 is 54.8 Å². The second-order valence-corrected chi connectivity index (χ2v) is 7.25. The van der Waals surface area contributed by atoms with Crippen LogP contribution in [0, 0.1) is 0 Å². The summed E-state index contributed by atoms with van der Waals surface area (Å²) in [5.41, 5.74) is 2.46. The standard InChI is InChI=1S/C12H9Br2ClS/c13-10(9-6-12(14)16-7-9)5-8-3-1-2-4-11(8)15/h1-4,6-7,10H,5H2. The maximum absolute atomic E-state index is 6.13. The van der Waals surface area contributed by atoms with E-state index in [2.05, 4.69) is 49.4 Å². The van der Waals surface area contributed by atoms with Crippen molar-refractivity contribution in [3.8, 4) is 0 Å². The summed E-state index contributed by atoms with van der Waals surface area (Å²) in [6.07, 6.45) is 0.906. The molecule has 0 aliphatic rings. The highest BCUT2D eigenvalue weighted by molar-refractivity contribution is 9.11. The maximum Gasteiger partial charge on any atom is 0.0701 e. The molecule has 1 aromatic carbocycles. The van der Waals surface area contributed by atoms with Gasteiger partial charge in [0.25, 0.3) is 0 Å². The maximum atomic E-state index is 6.13. The number of hydrogen-bond acceptors (Lipinski definition) is 1. The Kier molecular flexibility index (Phi) is 4.48. The van der Waals surface area contributed by atoms with E-state index in [1.165, 1.54) is 11.1 Å². The molecule has 2 rings (SSSR count). The zero-order valence-corrected chi connectivity index (χ0v) is 13.0. The lowest BCUT2D eigenvalue weighted by Crippen LogP contribution is -1.94. The Labute approximate surface area is 121 Å². The van der Waals surface area contributed by atoms with Gasteiger partial charge in [0.1, 0.15) is 0 Å². The summed E-state index contributed by atoms with van der Waals surface area (Å²) >= 11 is 15.0. The van der Waals surface area contributed by atoms with Gasteiger partial charge in [0, 0.05) is 9.85 Å². The SMILES string of the molecule is Clc1ccccc1CC(Br)c1csc(Br)c1. The third kappa shape index (κ3) is 3.10. The van der Waals surface area contributed by atoms with E-state index in [4.69, 9.17) is 11.6 Å². The van der Waals surface area contributed by atoms with E-state index in [0.29, 0.717) is 4.83 Å². The van der Waals surface area contributed by atoms with Crippen molar-refractivity contribution in [1.82, 2.24) is 0 Å². The van der Waals surface area contributed by atoms with Crippen LogP contribution in [0.25, 0.3) is 0 Å². The van der Waals surface area contributed by atoms with Crippen molar-refractivity contribution in [3.05, 3.63) is 55.6 Å². The summed E-state index contributed by atoms with van der Waals surface area (Å²) in [5, 5.41) is 2.99. The average Bonchev–Trinajstić information content (AvgIpc) is 2.68. The Morgan fingerprint density at radius 1 is 1.31 bits per heavy atom. The molecular weight excluding hydrogens is 371 g/mol. The first kappa shape index (κ1) is 12.6. The third-order valence-electron chi connectivity index (χ3n) is 2.31. The Balaban J connectivity index is 2.13. The van der Waals surface area contributed by atoms with Crippen LogP contribution in [0.2, 0.25) is 5.02 Å². The number of benzene rings is 1. The predicted molar refractivity (Wildman–Crippen MR) is 78.8 cm³/mol. The highest BCUT2D eigenvalue weighted by Gasteiger charge is 2.11. The van der Waals surface area contributed by atoms with Crippen molar-refractivity contribution in [2.24, 2.45) is 0 Å². The molecule has 0 aliphatic carbocycles. The molecule has 1 unspecified atom stereocenters. The fourth-order valence-electron chi connectivity index (χ4n) is 1.46. The predicted octanol–water partition coefficient (Wildman–Crippen LogP) is 5.84. The minimum atomic E-state index is 0.315. The molecule has 0 aliphatic heterocycles. The monoisotopic (exact) mass is 378 g/mol. The lowest BCUT2D eigenvalue weighted by molar-refractivity contribution is 0.954. The Hall–Kier alpha value is 0.170. The molecule has 1 aromatic heterocycles. The van der Waals surface area contributed by atoms with Crippen molar-refractivity contribution < 1.29 is 0 Å². The van der Waals surface area contributed by atoms with Crippen molar-refractivity contribution in [1.29, 1.82) is 0 Å². The van der Waals surface area contributed by atoms with Crippen LogP contribution in [0.5, 0.6) is 0 Å². The quantitative estimate of drug-likeness (QED) is 0.587. The molecule has 0 nitrogen and oxygen atoms in total. The van der Waals surface area contributed by atoms with Gasteiger partial charge in [-0.2, -0.15) is 0 Å². The van der Waals surface area contributed by atoms with Gasteiger partial charge >= 0.3 is 0 Å². The molecule has 16 heavy (non-hydrogen) atoms. The van der Waals surface area contributed by atoms with Crippen LogP contribution in [0.1, 0.15) is 16.0 Å². The van der Waals surface area contributed by atoms with Gasteiger partial charge in [-0.05, 0) is 51.0 Å². The Morgan fingerprint density at radius 3 is 2.69 bits per heavy atom. The molecule has 4 heteroatoms. The minimum Gasteiger partial charge on any atom is -0.137 e. The first-order chi connectivity index (χ1) is 7.66. The summed E-state index contributed by atoms with van der Waals surface area (Å²) in [5.74, 6) is 0. The van der Waals surface area contributed by atoms with Crippen LogP contribution in [0.3, 0.4) is 0 Å². The highest BCUT2D eigenvalue weighted by atomic mass is 79.9. The van der Waals surface area contributed by atoms with Crippen molar-refractivity contribution >= 4 is 54.8 Å². The normalized spacial score (nSPS) is 12.7. The van der Waals surface area contributed by atoms with E-state index >= 15 is 0 Å². The van der Waals surface area contributed by atoms with Gasteiger partial charge in [0.2, 0.25) is 0 Å². The van der Waals surface area contributed by atoms with Crippen LogP contribution in [0.4, 0.5) is 0 Å². The summed E-state index contributed by atoms with van der Waals surface area (Å²) in [6, 6.07) is 10.1. The molecule has 2 aromatic rings. The van der Waals surface area contributed by atoms with Gasteiger partial charge < -0.3 is 0 Å². The van der Waals surface area contributed by atoms with Crippen molar-refractivity contribution in [3.63, 3.8) is 0 Å². The highest BCUT2D eigenvalue weighted by Crippen LogP contribution is 2.33. The summed E-state index contributed by atoms with van der Waals surface area (Å²) in [4.78, 5) is 0.315. The van der Waals surface area contributed by atoms with Gasteiger partial charge in [-0.25, -0.2) is 0 Å². The molecule has 0 spiro atoms. The molecule has 0 N–H and O–H groups in total. The number of alkyl halides is 1. The fourth-order valence-corrected chi connectivity index (χ4v) is 3.69. The molecule has 0 fully saturated rings. The second kappa shape index (κ2) is 5.67. The van der Waals surface area contributed by atoms with Crippen molar-refractivity contribution in [2.75, 3.05) is 0 Å². The largest absolute Gasteiger partial charge is 0.137 e. The number of thiophene rings is 1. The zero-order valence-electron chi connectivity index (χ0n) is 8.29. The average molecular weight is 381 g/mol. The summed E-state index contributed by atoms with van der Waals surface area (Å²) in [6.45, 7) is 0. The molecule has 0 saturated carbocycles. The van der Waals surface area contributed by atoms with Crippen LogP contribution < -0.4 is 0 Å². The lowest BCUT2D eigenvalue weighted by atomic mass is 10.1. The first-order valence-corrected chi connectivity index (χ1v) is 7.75. The molecule has 0 bridgehead atoms. The molecule has 1 heterocycles. The van der Waals surface area contributed by atoms with Crippen LogP contribution in [-0.4, -0.2) is 0 Å². The van der Waals surface area contributed by atoms with Gasteiger partial charge in [-0.3, -0.25) is 0 Å². The van der Waals surface area contributed by atoms with E-state index in [1.807, 2.05) is 18.2 Å². The number of halogens is 3. The fraction of sp³-hybridized carbons (Fsp3) is 0.167. The zero-order chi connectivity index (χ0) is 11.5. The second-order valence-electron chi connectivity index (χ2n) is 3.45. The molecule has 0 radical (unpaired) electrons. The van der Waals surface area contributed by atoms with E-state index in [1.54, 1.807) is 11.3 Å². The molecule has 1 atom stereocenters. The summed E-state index contributed by atoms with van der Waals surface area (Å²) in [7, 11) is 0. The van der Waals surface area contributed by atoms with Gasteiger partial charge in [0.15, 0.2) is 0 Å². The lowest BCUT2D eigenvalue weighted by Gasteiger charge is -2.09.